The number of ether oxygens (including phenoxy) is 1. The standard InChI is InChI=1S/C14H28N2O/c1-3-7-15-13-6-10-17-11-14(13)16-8-4-12(2)5-9-16/h12-15H,3-11H2,1-2H3. The monoisotopic (exact) mass is 240 g/mol. The summed E-state index contributed by atoms with van der Waals surface area (Å²) < 4.78 is 5.69. The quantitative estimate of drug-likeness (QED) is 0.812. The summed E-state index contributed by atoms with van der Waals surface area (Å²) in [5, 5.41) is 3.71. The molecule has 2 atom stereocenters. The van der Waals surface area contributed by atoms with Crippen molar-refractivity contribution in [3.8, 4) is 0 Å². The molecule has 1 N–H and O–H groups in total. The van der Waals surface area contributed by atoms with Crippen LogP contribution in [0, 0.1) is 5.92 Å². The van der Waals surface area contributed by atoms with Gasteiger partial charge in [0, 0.05) is 18.7 Å². The summed E-state index contributed by atoms with van der Waals surface area (Å²) in [6.07, 6.45) is 5.12. The first-order valence-electron chi connectivity index (χ1n) is 7.36. The predicted octanol–water partition coefficient (Wildman–Crippen LogP) is 1.88. The molecule has 2 rings (SSSR count). The van der Waals surface area contributed by atoms with Crippen LogP contribution >= 0.6 is 0 Å². The van der Waals surface area contributed by atoms with Gasteiger partial charge < -0.3 is 10.1 Å². The first-order chi connectivity index (χ1) is 8.31. The van der Waals surface area contributed by atoms with Crippen molar-refractivity contribution in [2.45, 2.75) is 51.6 Å². The van der Waals surface area contributed by atoms with E-state index in [1.807, 2.05) is 0 Å². The Kier molecular flexibility index (Phi) is 5.26. The van der Waals surface area contributed by atoms with Crippen LogP contribution in [0.25, 0.3) is 0 Å². The highest BCUT2D eigenvalue weighted by Crippen LogP contribution is 2.22. The predicted molar refractivity (Wildman–Crippen MR) is 71.3 cm³/mol. The number of piperidine rings is 1. The Morgan fingerprint density at radius 1 is 1.24 bits per heavy atom. The molecule has 3 nitrogen and oxygen atoms in total. The Hall–Kier alpha value is -0.120. The molecule has 2 saturated heterocycles. The van der Waals surface area contributed by atoms with Crippen LogP contribution in [0.15, 0.2) is 0 Å². The van der Waals surface area contributed by atoms with Crippen molar-refractivity contribution in [2.24, 2.45) is 5.92 Å². The average Bonchev–Trinajstić information content (AvgIpc) is 2.38. The third-order valence-electron chi connectivity index (χ3n) is 4.27. The third-order valence-corrected chi connectivity index (χ3v) is 4.27. The molecule has 2 aliphatic heterocycles. The molecule has 100 valence electrons. The number of likely N-dealkylation sites (tertiary alicyclic amines) is 1. The van der Waals surface area contributed by atoms with Crippen LogP contribution in [0.5, 0.6) is 0 Å². The minimum absolute atomic E-state index is 0.614. The van der Waals surface area contributed by atoms with E-state index in [1.165, 1.54) is 38.8 Å². The van der Waals surface area contributed by atoms with Crippen molar-refractivity contribution in [3.05, 3.63) is 0 Å². The zero-order valence-corrected chi connectivity index (χ0v) is 11.5. The number of nitrogens with one attached hydrogen (secondary N) is 1. The topological polar surface area (TPSA) is 24.5 Å². The number of nitrogens with zero attached hydrogens (tertiary/aromatic N) is 1. The molecular formula is C14H28N2O. The lowest BCUT2D eigenvalue weighted by atomic mass is 9.94. The minimum Gasteiger partial charge on any atom is -0.380 e. The van der Waals surface area contributed by atoms with E-state index >= 15 is 0 Å². The van der Waals surface area contributed by atoms with Crippen LogP contribution in [-0.4, -0.2) is 49.8 Å². The molecule has 17 heavy (non-hydrogen) atoms. The minimum atomic E-state index is 0.614. The van der Waals surface area contributed by atoms with Gasteiger partial charge in [-0.25, -0.2) is 0 Å². The van der Waals surface area contributed by atoms with Gasteiger partial charge in [0.05, 0.1) is 6.61 Å². The van der Waals surface area contributed by atoms with Crippen LogP contribution in [0.2, 0.25) is 0 Å². The largest absolute Gasteiger partial charge is 0.380 e. The molecule has 0 aromatic heterocycles. The Labute approximate surface area is 106 Å². The number of rotatable bonds is 4. The van der Waals surface area contributed by atoms with Crippen molar-refractivity contribution in [3.63, 3.8) is 0 Å². The lowest BCUT2D eigenvalue weighted by Crippen LogP contribution is -2.57. The average molecular weight is 240 g/mol. The molecule has 0 aromatic rings. The second-order valence-electron chi connectivity index (χ2n) is 5.71. The SMILES string of the molecule is CCCNC1CCOCC1N1CCC(C)CC1. The third kappa shape index (κ3) is 3.67. The maximum Gasteiger partial charge on any atom is 0.0637 e. The van der Waals surface area contributed by atoms with Crippen LogP contribution in [-0.2, 0) is 4.74 Å². The number of hydrogen-bond donors (Lipinski definition) is 1. The molecule has 2 heterocycles. The van der Waals surface area contributed by atoms with Gasteiger partial charge in [0.15, 0.2) is 0 Å². The second-order valence-corrected chi connectivity index (χ2v) is 5.71. The van der Waals surface area contributed by atoms with Crippen LogP contribution in [0.4, 0.5) is 0 Å². The Balaban J connectivity index is 1.86. The van der Waals surface area contributed by atoms with Gasteiger partial charge in [-0.05, 0) is 51.2 Å². The summed E-state index contributed by atoms with van der Waals surface area (Å²) >= 11 is 0. The lowest BCUT2D eigenvalue weighted by Gasteiger charge is -2.43. The molecule has 3 heteroatoms. The van der Waals surface area contributed by atoms with Crippen molar-refractivity contribution >= 4 is 0 Å². The molecule has 0 saturated carbocycles. The van der Waals surface area contributed by atoms with Crippen molar-refractivity contribution in [1.29, 1.82) is 0 Å². The molecular weight excluding hydrogens is 212 g/mol. The molecule has 0 aromatic carbocycles. The molecule has 2 fully saturated rings. The first kappa shape index (κ1) is 13.3. The van der Waals surface area contributed by atoms with E-state index in [1.54, 1.807) is 0 Å². The van der Waals surface area contributed by atoms with Gasteiger partial charge >= 0.3 is 0 Å². The van der Waals surface area contributed by atoms with Crippen LogP contribution < -0.4 is 5.32 Å². The van der Waals surface area contributed by atoms with Crippen LogP contribution in [0.3, 0.4) is 0 Å². The van der Waals surface area contributed by atoms with Gasteiger partial charge in [0.25, 0.3) is 0 Å². The van der Waals surface area contributed by atoms with Crippen LogP contribution in [0.1, 0.15) is 39.5 Å². The van der Waals surface area contributed by atoms with E-state index in [0.29, 0.717) is 12.1 Å². The van der Waals surface area contributed by atoms with E-state index in [0.717, 1.165) is 25.7 Å². The summed E-state index contributed by atoms with van der Waals surface area (Å²) in [5.74, 6) is 0.915. The van der Waals surface area contributed by atoms with Crippen molar-refractivity contribution in [1.82, 2.24) is 10.2 Å². The summed E-state index contributed by atoms with van der Waals surface area (Å²) in [7, 11) is 0. The summed E-state index contributed by atoms with van der Waals surface area (Å²) in [4.78, 5) is 2.66. The van der Waals surface area contributed by atoms with Crippen molar-refractivity contribution in [2.75, 3.05) is 32.8 Å². The van der Waals surface area contributed by atoms with E-state index < -0.39 is 0 Å². The fourth-order valence-electron chi connectivity index (χ4n) is 3.01. The van der Waals surface area contributed by atoms with E-state index in [4.69, 9.17) is 4.74 Å². The van der Waals surface area contributed by atoms with Gasteiger partial charge in [-0.15, -0.1) is 0 Å². The highest BCUT2D eigenvalue weighted by atomic mass is 16.5. The Bertz CT molecular complexity index is 210. The fraction of sp³-hybridized carbons (Fsp3) is 1.00. The lowest BCUT2D eigenvalue weighted by molar-refractivity contribution is -0.0138. The zero-order chi connectivity index (χ0) is 12.1. The highest BCUT2D eigenvalue weighted by molar-refractivity contribution is 4.89. The molecule has 2 unspecified atom stereocenters. The van der Waals surface area contributed by atoms with Crippen molar-refractivity contribution < 1.29 is 4.74 Å². The van der Waals surface area contributed by atoms with Gasteiger partial charge in [-0.2, -0.15) is 0 Å². The normalized spacial score (nSPS) is 32.8. The molecule has 0 aliphatic carbocycles. The summed E-state index contributed by atoms with van der Waals surface area (Å²) in [6.45, 7) is 10.1. The first-order valence-corrected chi connectivity index (χ1v) is 7.36. The van der Waals surface area contributed by atoms with E-state index in [-0.39, 0.29) is 0 Å². The molecule has 0 radical (unpaired) electrons. The maximum atomic E-state index is 5.69. The Morgan fingerprint density at radius 3 is 2.71 bits per heavy atom. The molecule has 0 spiro atoms. The molecule has 0 bridgehead atoms. The van der Waals surface area contributed by atoms with E-state index in [9.17, 15) is 0 Å². The number of hydrogen-bond acceptors (Lipinski definition) is 3. The second kappa shape index (κ2) is 6.72. The fourth-order valence-corrected chi connectivity index (χ4v) is 3.01. The highest BCUT2D eigenvalue weighted by Gasteiger charge is 2.31. The smallest absolute Gasteiger partial charge is 0.0637 e. The van der Waals surface area contributed by atoms with Gasteiger partial charge in [-0.3, -0.25) is 4.90 Å². The molecule has 0 amide bonds. The van der Waals surface area contributed by atoms with Gasteiger partial charge in [0.1, 0.15) is 0 Å². The Morgan fingerprint density at radius 2 is 2.00 bits per heavy atom. The van der Waals surface area contributed by atoms with Gasteiger partial charge in [0.2, 0.25) is 0 Å². The van der Waals surface area contributed by atoms with E-state index in [2.05, 4.69) is 24.1 Å². The summed E-state index contributed by atoms with van der Waals surface area (Å²) in [6, 6.07) is 1.26. The summed E-state index contributed by atoms with van der Waals surface area (Å²) in [5.41, 5.74) is 0. The maximum absolute atomic E-state index is 5.69. The van der Waals surface area contributed by atoms with Gasteiger partial charge in [-0.1, -0.05) is 13.8 Å². The zero-order valence-electron chi connectivity index (χ0n) is 11.5. The molecule has 2 aliphatic rings.